The summed E-state index contributed by atoms with van der Waals surface area (Å²) in [5.74, 6) is 4.36. The summed E-state index contributed by atoms with van der Waals surface area (Å²) >= 11 is 0. The maximum atomic E-state index is 9.29. The largest absolute Gasteiger partial charge is 0.367 e. The van der Waals surface area contributed by atoms with Crippen molar-refractivity contribution in [2.45, 2.75) is 31.8 Å². The van der Waals surface area contributed by atoms with Crippen LogP contribution in [0.15, 0.2) is 0 Å². The van der Waals surface area contributed by atoms with Crippen molar-refractivity contribution in [3.05, 3.63) is 0 Å². The standard InChI is InChI=1S/C9H12O/c1-4-7-8-9(10,5-2)6-3/h2-3,10H,4,7-8H2,1H3. The minimum Gasteiger partial charge on any atom is -0.367 e. The van der Waals surface area contributed by atoms with Crippen molar-refractivity contribution in [2.24, 2.45) is 0 Å². The summed E-state index contributed by atoms with van der Waals surface area (Å²) in [6, 6.07) is 0. The number of rotatable bonds is 3. The summed E-state index contributed by atoms with van der Waals surface area (Å²) in [7, 11) is 0. The zero-order valence-corrected chi connectivity index (χ0v) is 6.22. The molecule has 0 aliphatic heterocycles. The van der Waals surface area contributed by atoms with Crippen molar-refractivity contribution in [2.75, 3.05) is 0 Å². The second-order valence-corrected chi connectivity index (χ2v) is 2.25. The Balaban J connectivity index is 3.88. The Hall–Kier alpha value is -0.920. The van der Waals surface area contributed by atoms with Gasteiger partial charge in [-0.1, -0.05) is 25.2 Å². The van der Waals surface area contributed by atoms with Crippen LogP contribution in [0.4, 0.5) is 0 Å². The highest BCUT2D eigenvalue weighted by molar-refractivity contribution is 5.23. The van der Waals surface area contributed by atoms with Gasteiger partial charge in [0.2, 0.25) is 0 Å². The van der Waals surface area contributed by atoms with Gasteiger partial charge in [-0.25, -0.2) is 0 Å². The third-order valence-electron chi connectivity index (χ3n) is 1.37. The van der Waals surface area contributed by atoms with E-state index < -0.39 is 5.60 Å². The fraction of sp³-hybridized carbons (Fsp3) is 0.556. The van der Waals surface area contributed by atoms with E-state index in [1.807, 2.05) is 6.92 Å². The van der Waals surface area contributed by atoms with E-state index in [0.717, 1.165) is 12.8 Å². The van der Waals surface area contributed by atoms with Crippen molar-refractivity contribution < 1.29 is 5.11 Å². The Kier molecular flexibility index (Phi) is 3.62. The Labute approximate surface area is 62.5 Å². The summed E-state index contributed by atoms with van der Waals surface area (Å²) in [5.41, 5.74) is -1.31. The Morgan fingerprint density at radius 3 is 2.20 bits per heavy atom. The van der Waals surface area contributed by atoms with Gasteiger partial charge in [0.05, 0.1) is 0 Å². The number of hydrogen-bond donors (Lipinski definition) is 1. The van der Waals surface area contributed by atoms with E-state index in [0.29, 0.717) is 6.42 Å². The predicted octanol–water partition coefficient (Wildman–Crippen LogP) is 1.17. The van der Waals surface area contributed by atoms with Crippen LogP contribution >= 0.6 is 0 Å². The van der Waals surface area contributed by atoms with Crippen molar-refractivity contribution in [1.29, 1.82) is 0 Å². The van der Waals surface area contributed by atoms with Crippen LogP contribution in [-0.4, -0.2) is 10.7 Å². The molecular weight excluding hydrogens is 124 g/mol. The average Bonchev–Trinajstić information content (AvgIpc) is 2.00. The van der Waals surface area contributed by atoms with E-state index >= 15 is 0 Å². The quantitative estimate of drug-likeness (QED) is 0.577. The minimum atomic E-state index is -1.31. The molecule has 1 heteroatoms. The van der Waals surface area contributed by atoms with Gasteiger partial charge in [0.1, 0.15) is 0 Å². The first-order valence-electron chi connectivity index (χ1n) is 3.36. The van der Waals surface area contributed by atoms with Crippen LogP contribution in [0.1, 0.15) is 26.2 Å². The van der Waals surface area contributed by atoms with E-state index in [2.05, 4.69) is 11.8 Å². The monoisotopic (exact) mass is 136 g/mol. The van der Waals surface area contributed by atoms with Crippen LogP contribution in [0.2, 0.25) is 0 Å². The van der Waals surface area contributed by atoms with Crippen LogP contribution in [0.3, 0.4) is 0 Å². The average molecular weight is 136 g/mol. The molecule has 54 valence electrons. The molecule has 0 fully saturated rings. The number of unbranched alkanes of at least 4 members (excludes halogenated alkanes) is 1. The molecule has 1 nitrogen and oxygen atoms in total. The van der Waals surface area contributed by atoms with E-state index in [4.69, 9.17) is 12.8 Å². The maximum Gasteiger partial charge on any atom is 0.186 e. The number of aliphatic hydroxyl groups is 1. The van der Waals surface area contributed by atoms with Gasteiger partial charge in [-0.15, -0.1) is 12.8 Å². The molecule has 0 saturated carbocycles. The fourth-order valence-electron chi connectivity index (χ4n) is 0.619. The molecule has 0 heterocycles. The van der Waals surface area contributed by atoms with Crippen molar-refractivity contribution in [3.63, 3.8) is 0 Å². The molecule has 1 N–H and O–H groups in total. The molecular formula is C9H12O. The zero-order valence-electron chi connectivity index (χ0n) is 6.22. The predicted molar refractivity (Wildman–Crippen MR) is 42.1 cm³/mol. The second-order valence-electron chi connectivity index (χ2n) is 2.25. The fourth-order valence-corrected chi connectivity index (χ4v) is 0.619. The Morgan fingerprint density at radius 1 is 1.40 bits per heavy atom. The summed E-state index contributed by atoms with van der Waals surface area (Å²) < 4.78 is 0. The molecule has 0 amide bonds. The van der Waals surface area contributed by atoms with Crippen LogP contribution in [0, 0.1) is 24.7 Å². The van der Waals surface area contributed by atoms with Gasteiger partial charge < -0.3 is 5.11 Å². The molecule has 0 aromatic rings. The lowest BCUT2D eigenvalue weighted by Crippen LogP contribution is -2.23. The summed E-state index contributed by atoms with van der Waals surface area (Å²) in [6.07, 6.45) is 12.4. The van der Waals surface area contributed by atoms with Crippen molar-refractivity contribution >= 4 is 0 Å². The topological polar surface area (TPSA) is 20.2 Å². The van der Waals surface area contributed by atoms with Crippen molar-refractivity contribution in [1.82, 2.24) is 0 Å². The molecule has 0 saturated heterocycles. The van der Waals surface area contributed by atoms with Crippen LogP contribution in [-0.2, 0) is 0 Å². The lowest BCUT2D eigenvalue weighted by Gasteiger charge is -2.13. The highest BCUT2D eigenvalue weighted by Crippen LogP contribution is 2.11. The number of hydrogen-bond acceptors (Lipinski definition) is 1. The van der Waals surface area contributed by atoms with E-state index in [1.54, 1.807) is 0 Å². The Morgan fingerprint density at radius 2 is 1.90 bits per heavy atom. The van der Waals surface area contributed by atoms with E-state index in [1.165, 1.54) is 0 Å². The summed E-state index contributed by atoms with van der Waals surface area (Å²) in [4.78, 5) is 0. The number of terminal acetylenes is 2. The maximum absolute atomic E-state index is 9.29. The molecule has 0 aliphatic carbocycles. The molecule has 0 rings (SSSR count). The first-order valence-corrected chi connectivity index (χ1v) is 3.36. The third-order valence-corrected chi connectivity index (χ3v) is 1.37. The van der Waals surface area contributed by atoms with Gasteiger partial charge in [-0.05, 0) is 12.8 Å². The smallest absolute Gasteiger partial charge is 0.186 e. The molecule has 0 spiro atoms. The first-order chi connectivity index (χ1) is 4.68. The lowest BCUT2D eigenvalue weighted by atomic mass is 9.99. The van der Waals surface area contributed by atoms with E-state index in [9.17, 15) is 5.11 Å². The van der Waals surface area contributed by atoms with Gasteiger partial charge in [0, 0.05) is 0 Å². The molecule has 0 atom stereocenters. The Bertz CT molecular complexity index is 154. The normalized spacial score (nSPS) is 10.0. The molecule has 10 heavy (non-hydrogen) atoms. The van der Waals surface area contributed by atoms with Gasteiger partial charge in [-0.2, -0.15) is 0 Å². The molecule has 0 aliphatic rings. The van der Waals surface area contributed by atoms with Gasteiger partial charge in [0.15, 0.2) is 5.60 Å². The minimum absolute atomic E-state index is 0.497. The molecule has 0 bridgehead atoms. The molecule has 0 radical (unpaired) electrons. The molecule has 0 unspecified atom stereocenters. The van der Waals surface area contributed by atoms with E-state index in [-0.39, 0.29) is 0 Å². The highest BCUT2D eigenvalue weighted by Gasteiger charge is 2.18. The third kappa shape index (κ3) is 2.58. The molecule has 0 aromatic carbocycles. The van der Waals surface area contributed by atoms with Gasteiger partial charge >= 0.3 is 0 Å². The first kappa shape index (κ1) is 9.08. The van der Waals surface area contributed by atoms with Crippen molar-refractivity contribution in [3.8, 4) is 24.7 Å². The van der Waals surface area contributed by atoms with Crippen LogP contribution < -0.4 is 0 Å². The summed E-state index contributed by atoms with van der Waals surface area (Å²) in [6.45, 7) is 2.02. The lowest BCUT2D eigenvalue weighted by molar-refractivity contribution is 0.150. The van der Waals surface area contributed by atoms with Crippen LogP contribution in [0.25, 0.3) is 0 Å². The summed E-state index contributed by atoms with van der Waals surface area (Å²) in [5, 5.41) is 9.29. The zero-order chi connectivity index (χ0) is 8.04. The van der Waals surface area contributed by atoms with Gasteiger partial charge in [-0.3, -0.25) is 0 Å². The van der Waals surface area contributed by atoms with Gasteiger partial charge in [0.25, 0.3) is 0 Å². The highest BCUT2D eigenvalue weighted by atomic mass is 16.3. The van der Waals surface area contributed by atoms with Crippen LogP contribution in [0.5, 0.6) is 0 Å². The SMILES string of the molecule is C#CC(O)(C#C)CCCC. The second kappa shape index (κ2) is 3.99. The molecule has 0 aromatic heterocycles.